The Hall–Kier alpha value is -1.88. The average molecular weight is 212 g/mol. The molecule has 0 unspecified atom stereocenters. The van der Waals surface area contributed by atoms with E-state index < -0.39 is 11.9 Å². The number of hydrogen-bond donors (Lipinski definition) is 2. The second kappa shape index (κ2) is 4.56. The van der Waals surface area contributed by atoms with Crippen LogP contribution < -0.4 is 0 Å². The van der Waals surface area contributed by atoms with Crippen LogP contribution in [0.4, 0.5) is 0 Å². The maximum Gasteiger partial charge on any atom is 0.336 e. The van der Waals surface area contributed by atoms with Crippen LogP contribution in [0.2, 0.25) is 0 Å². The maximum atomic E-state index is 10.8. The first-order valence-electron chi connectivity index (χ1n) is 4.02. The molecular formula is C10H12O5. The Morgan fingerprint density at radius 1 is 1.07 bits per heavy atom. The molecule has 0 amide bonds. The fourth-order valence-electron chi connectivity index (χ4n) is 1.41. The first kappa shape index (κ1) is 13.1. The van der Waals surface area contributed by atoms with E-state index in [9.17, 15) is 9.59 Å². The molecule has 0 saturated carbocycles. The largest absolute Gasteiger partial charge is 0.478 e. The van der Waals surface area contributed by atoms with E-state index in [4.69, 9.17) is 10.2 Å². The molecule has 0 radical (unpaired) electrons. The van der Waals surface area contributed by atoms with Gasteiger partial charge >= 0.3 is 11.9 Å². The zero-order chi connectivity index (χ0) is 10.9. The van der Waals surface area contributed by atoms with E-state index in [1.807, 2.05) is 0 Å². The standard InChI is InChI=1S/C10H10O4.H2O/c1-5-3-4-7(9(11)12)6(2)8(5)10(13)14;/h3-4H,1-2H3,(H,11,12)(H,13,14);1H2. The van der Waals surface area contributed by atoms with E-state index in [0.717, 1.165) is 0 Å². The van der Waals surface area contributed by atoms with Crippen molar-refractivity contribution >= 4 is 11.9 Å². The second-order valence-electron chi connectivity index (χ2n) is 3.04. The summed E-state index contributed by atoms with van der Waals surface area (Å²) in [6.45, 7) is 3.14. The molecule has 1 rings (SSSR count). The van der Waals surface area contributed by atoms with Crippen LogP contribution in [0.5, 0.6) is 0 Å². The predicted molar refractivity (Wildman–Crippen MR) is 53.4 cm³/mol. The van der Waals surface area contributed by atoms with Gasteiger partial charge in [0.1, 0.15) is 0 Å². The summed E-state index contributed by atoms with van der Waals surface area (Å²) < 4.78 is 0. The van der Waals surface area contributed by atoms with Gasteiger partial charge in [0.2, 0.25) is 0 Å². The summed E-state index contributed by atoms with van der Waals surface area (Å²) in [5.41, 5.74) is 0.975. The van der Waals surface area contributed by atoms with Crippen molar-refractivity contribution in [2.75, 3.05) is 0 Å². The third kappa shape index (κ3) is 2.32. The van der Waals surface area contributed by atoms with Crippen molar-refractivity contribution in [2.24, 2.45) is 0 Å². The van der Waals surface area contributed by atoms with Crippen molar-refractivity contribution in [3.05, 3.63) is 34.4 Å². The molecule has 0 heterocycles. The van der Waals surface area contributed by atoms with E-state index in [2.05, 4.69) is 0 Å². The zero-order valence-electron chi connectivity index (χ0n) is 8.37. The monoisotopic (exact) mass is 212 g/mol. The number of hydrogen-bond acceptors (Lipinski definition) is 2. The lowest BCUT2D eigenvalue weighted by atomic mass is 9.98. The topological polar surface area (TPSA) is 106 Å². The van der Waals surface area contributed by atoms with Gasteiger partial charge in [0.15, 0.2) is 0 Å². The highest BCUT2D eigenvalue weighted by Gasteiger charge is 2.16. The molecule has 0 atom stereocenters. The van der Waals surface area contributed by atoms with Crippen LogP contribution in [0, 0.1) is 13.8 Å². The lowest BCUT2D eigenvalue weighted by Gasteiger charge is -2.07. The fourth-order valence-corrected chi connectivity index (χ4v) is 1.41. The van der Waals surface area contributed by atoms with E-state index in [0.29, 0.717) is 11.1 Å². The van der Waals surface area contributed by atoms with Crippen LogP contribution in [0.3, 0.4) is 0 Å². The minimum Gasteiger partial charge on any atom is -0.478 e. The Bertz CT molecular complexity index is 409. The number of carboxylic acid groups (broad SMARTS) is 2. The molecule has 0 aliphatic heterocycles. The SMILES string of the molecule is Cc1ccc(C(=O)O)c(C)c1C(=O)O.O. The number of carbonyl (C=O) groups is 2. The molecule has 0 fully saturated rings. The van der Waals surface area contributed by atoms with Gasteiger partial charge in [-0.15, -0.1) is 0 Å². The smallest absolute Gasteiger partial charge is 0.336 e. The quantitative estimate of drug-likeness (QED) is 0.758. The summed E-state index contributed by atoms with van der Waals surface area (Å²) in [6.07, 6.45) is 0. The van der Waals surface area contributed by atoms with E-state index in [1.165, 1.54) is 19.1 Å². The first-order valence-corrected chi connectivity index (χ1v) is 4.02. The van der Waals surface area contributed by atoms with Crippen LogP contribution in [0.25, 0.3) is 0 Å². The van der Waals surface area contributed by atoms with E-state index in [-0.39, 0.29) is 16.6 Å². The fraction of sp³-hybridized carbons (Fsp3) is 0.200. The zero-order valence-corrected chi connectivity index (χ0v) is 8.37. The summed E-state index contributed by atoms with van der Waals surface area (Å²) in [7, 11) is 0. The number of aromatic carboxylic acids is 2. The molecule has 0 spiro atoms. The Kier molecular flexibility index (Phi) is 3.99. The van der Waals surface area contributed by atoms with E-state index >= 15 is 0 Å². The summed E-state index contributed by atoms with van der Waals surface area (Å²) >= 11 is 0. The van der Waals surface area contributed by atoms with Crippen LogP contribution in [0.15, 0.2) is 12.1 Å². The Morgan fingerprint density at radius 2 is 1.60 bits per heavy atom. The molecule has 15 heavy (non-hydrogen) atoms. The van der Waals surface area contributed by atoms with Crippen LogP contribution in [0.1, 0.15) is 31.8 Å². The molecular weight excluding hydrogens is 200 g/mol. The summed E-state index contributed by atoms with van der Waals surface area (Å²) in [5.74, 6) is -2.20. The minimum absolute atomic E-state index is 0. The van der Waals surface area contributed by atoms with Crippen LogP contribution in [-0.2, 0) is 0 Å². The highest BCUT2D eigenvalue weighted by molar-refractivity contribution is 5.97. The third-order valence-corrected chi connectivity index (χ3v) is 2.12. The van der Waals surface area contributed by atoms with Crippen molar-refractivity contribution in [1.82, 2.24) is 0 Å². The van der Waals surface area contributed by atoms with Crippen LogP contribution >= 0.6 is 0 Å². The molecule has 82 valence electrons. The van der Waals surface area contributed by atoms with Crippen LogP contribution in [-0.4, -0.2) is 27.6 Å². The molecule has 1 aromatic carbocycles. The van der Waals surface area contributed by atoms with Gasteiger partial charge in [-0.05, 0) is 31.0 Å². The lowest BCUT2D eigenvalue weighted by Crippen LogP contribution is -2.08. The maximum absolute atomic E-state index is 10.8. The van der Waals surface area contributed by atoms with Crippen molar-refractivity contribution in [3.8, 4) is 0 Å². The van der Waals surface area contributed by atoms with Crippen molar-refractivity contribution in [3.63, 3.8) is 0 Å². The molecule has 5 heteroatoms. The molecule has 5 nitrogen and oxygen atoms in total. The Balaban J connectivity index is 0.00000196. The molecule has 0 bridgehead atoms. The van der Waals surface area contributed by atoms with Crippen molar-refractivity contribution < 1.29 is 25.3 Å². The molecule has 0 saturated heterocycles. The van der Waals surface area contributed by atoms with Gasteiger partial charge in [0.25, 0.3) is 0 Å². The molecule has 4 N–H and O–H groups in total. The van der Waals surface area contributed by atoms with Gasteiger partial charge in [-0.1, -0.05) is 6.07 Å². The summed E-state index contributed by atoms with van der Waals surface area (Å²) in [4.78, 5) is 21.5. The third-order valence-electron chi connectivity index (χ3n) is 2.12. The minimum atomic E-state index is -1.11. The normalized spacial score (nSPS) is 9.20. The molecule has 0 aliphatic carbocycles. The highest BCUT2D eigenvalue weighted by atomic mass is 16.4. The van der Waals surface area contributed by atoms with Gasteiger partial charge in [-0.3, -0.25) is 0 Å². The number of carboxylic acids is 2. The predicted octanol–water partition coefficient (Wildman–Crippen LogP) is 0.875. The van der Waals surface area contributed by atoms with E-state index in [1.54, 1.807) is 6.92 Å². The van der Waals surface area contributed by atoms with Gasteiger partial charge in [-0.2, -0.15) is 0 Å². The lowest BCUT2D eigenvalue weighted by molar-refractivity contribution is 0.0695. The summed E-state index contributed by atoms with van der Waals surface area (Å²) in [6, 6.07) is 2.92. The average Bonchev–Trinajstić information content (AvgIpc) is 2.02. The van der Waals surface area contributed by atoms with Crippen molar-refractivity contribution in [1.29, 1.82) is 0 Å². The van der Waals surface area contributed by atoms with Gasteiger partial charge < -0.3 is 15.7 Å². The van der Waals surface area contributed by atoms with Gasteiger partial charge in [0.05, 0.1) is 11.1 Å². The molecule has 0 aliphatic rings. The number of rotatable bonds is 2. The Labute approximate surface area is 86.3 Å². The second-order valence-corrected chi connectivity index (χ2v) is 3.04. The molecule has 0 aromatic heterocycles. The van der Waals surface area contributed by atoms with Gasteiger partial charge in [0, 0.05) is 0 Å². The molecule has 1 aromatic rings. The van der Waals surface area contributed by atoms with Crippen molar-refractivity contribution in [2.45, 2.75) is 13.8 Å². The van der Waals surface area contributed by atoms with Gasteiger partial charge in [-0.25, -0.2) is 9.59 Å². The number of aryl methyl sites for hydroxylation is 1. The summed E-state index contributed by atoms with van der Waals surface area (Å²) in [5, 5.41) is 17.6. The highest BCUT2D eigenvalue weighted by Crippen LogP contribution is 2.18. The number of benzene rings is 1. The first-order chi connectivity index (χ1) is 6.45. The Morgan fingerprint density at radius 3 is 2.00 bits per heavy atom.